The average Bonchev–Trinajstić information content (AvgIpc) is 2.20. The SMILES string of the molecule is CC(=O)Nc1ccc(SC(C)C(=O)O)cc1. The predicted octanol–water partition coefficient (Wildman–Crippen LogP) is 2.21. The summed E-state index contributed by atoms with van der Waals surface area (Å²) in [6.45, 7) is 3.07. The molecule has 2 N–H and O–H groups in total. The van der Waals surface area contributed by atoms with E-state index < -0.39 is 11.2 Å². The maximum Gasteiger partial charge on any atom is 0.316 e. The third-order valence-electron chi connectivity index (χ3n) is 1.84. The van der Waals surface area contributed by atoms with Gasteiger partial charge in [-0.1, -0.05) is 0 Å². The van der Waals surface area contributed by atoms with Crippen LogP contribution in [0.5, 0.6) is 0 Å². The van der Waals surface area contributed by atoms with Crippen molar-refractivity contribution in [3.8, 4) is 0 Å². The van der Waals surface area contributed by atoms with Crippen molar-refractivity contribution < 1.29 is 14.7 Å². The second-order valence-electron chi connectivity index (χ2n) is 3.30. The number of carboxylic acid groups (broad SMARTS) is 1. The van der Waals surface area contributed by atoms with Crippen LogP contribution in [-0.2, 0) is 9.59 Å². The van der Waals surface area contributed by atoms with Crippen LogP contribution in [0.3, 0.4) is 0 Å². The molecule has 5 heteroatoms. The van der Waals surface area contributed by atoms with Crippen molar-refractivity contribution in [3.63, 3.8) is 0 Å². The van der Waals surface area contributed by atoms with E-state index in [1.54, 1.807) is 31.2 Å². The van der Waals surface area contributed by atoms with Crippen LogP contribution in [0.4, 0.5) is 5.69 Å². The van der Waals surface area contributed by atoms with Crippen molar-refractivity contribution in [2.75, 3.05) is 5.32 Å². The first kappa shape index (κ1) is 12.6. The Morgan fingerprint density at radius 1 is 1.31 bits per heavy atom. The number of carbonyl (C=O) groups excluding carboxylic acids is 1. The molecule has 0 radical (unpaired) electrons. The van der Waals surface area contributed by atoms with Crippen LogP contribution in [-0.4, -0.2) is 22.2 Å². The van der Waals surface area contributed by atoms with Crippen molar-refractivity contribution >= 4 is 29.3 Å². The summed E-state index contributed by atoms with van der Waals surface area (Å²) in [7, 11) is 0. The van der Waals surface area contributed by atoms with Gasteiger partial charge in [0.15, 0.2) is 0 Å². The van der Waals surface area contributed by atoms with E-state index in [4.69, 9.17) is 5.11 Å². The summed E-state index contributed by atoms with van der Waals surface area (Å²) in [6, 6.07) is 7.07. The van der Waals surface area contributed by atoms with Crippen LogP contribution in [0.15, 0.2) is 29.2 Å². The summed E-state index contributed by atoms with van der Waals surface area (Å²) in [5.74, 6) is -0.963. The number of hydrogen-bond acceptors (Lipinski definition) is 3. The van der Waals surface area contributed by atoms with Crippen molar-refractivity contribution in [1.82, 2.24) is 0 Å². The molecule has 0 aromatic heterocycles. The first-order valence-electron chi connectivity index (χ1n) is 4.76. The Bertz CT molecular complexity index is 389. The fraction of sp³-hybridized carbons (Fsp3) is 0.273. The number of nitrogens with one attached hydrogen (secondary N) is 1. The van der Waals surface area contributed by atoms with E-state index in [1.165, 1.54) is 18.7 Å². The largest absolute Gasteiger partial charge is 0.480 e. The summed E-state index contributed by atoms with van der Waals surface area (Å²) in [5.41, 5.74) is 0.708. The molecule has 1 unspecified atom stereocenters. The number of rotatable bonds is 4. The third kappa shape index (κ3) is 3.94. The monoisotopic (exact) mass is 239 g/mol. The molecule has 1 amide bonds. The van der Waals surface area contributed by atoms with E-state index in [0.717, 1.165) is 4.90 Å². The van der Waals surface area contributed by atoms with Gasteiger partial charge in [-0.2, -0.15) is 0 Å². The molecule has 4 nitrogen and oxygen atoms in total. The minimum absolute atomic E-state index is 0.126. The number of hydrogen-bond donors (Lipinski definition) is 2. The molecule has 86 valence electrons. The van der Waals surface area contributed by atoms with E-state index >= 15 is 0 Å². The number of benzene rings is 1. The van der Waals surface area contributed by atoms with Gasteiger partial charge in [-0.3, -0.25) is 9.59 Å². The summed E-state index contributed by atoms with van der Waals surface area (Å²) in [4.78, 5) is 22.3. The van der Waals surface area contributed by atoms with E-state index in [1.807, 2.05) is 0 Å². The van der Waals surface area contributed by atoms with Crippen molar-refractivity contribution in [3.05, 3.63) is 24.3 Å². The molecule has 16 heavy (non-hydrogen) atoms. The lowest BCUT2D eigenvalue weighted by Crippen LogP contribution is -2.11. The normalized spacial score (nSPS) is 11.9. The highest BCUT2D eigenvalue weighted by atomic mass is 32.2. The van der Waals surface area contributed by atoms with Crippen molar-refractivity contribution in [2.24, 2.45) is 0 Å². The topological polar surface area (TPSA) is 66.4 Å². The second-order valence-corrected chi connectivity index (χ2v) is 4.72. The van der Waals surface area contributed by atoms with Crippen molar-refractivity contribution in [2.45, 2.75) is 24.0 Å². The lowest BCUT2D eigenvalue weighted by molar-refractivity contribution is -0.136. The van der Waals surface area contributed by atoms with Gasteiger partial charge in [0.2, 0.25) is 5.91 Å². The molecule has 0 heterocycles. The summed E-state index contributed by atoms with van der Waals surface area (Å²) in [6.07, 6.45) is 0. The third-order valence-corrected chi connectivity index (χ3v) is 2.93. The number of carboxylic acids is 1. The van der Waals surface area contributed by atoms with E-state index in [0.29, 0.717) is 5.69 Å². The second kappa shape index (κ2) is 5.55. The molecule has 0 saturated carbocycles. The highest BCUT2D eigenvalue weighted by Crippen LogP contribution is 2.24. The minimum Gasteiger partial charge on any atom is -0.480 e. The molecule has 1 aromatic carbocycles. The van der Waals surface area contributed by atoms with Crippen LogP contribution >= 0.6 is 11.8 Å². The Labute approximate surface area is 98.0 Å². The summed E-state index contributed by atoms with van der Waals surface area (Å²) in [5, 5.41) is 10.9. The minimum atomic E-state index is -0.837. The summed E-state index contributed by atoms with van der Waals surface area (Å²) < 4.78 is 0. The fourth-order valence-corrected chi connectivity index (χ4v) is 1.88. The number of carbonyl (C=O) groups is 2. The van der Waals surface area contributed by atoms with Crippen LogP contribution in [0, 0.1) is 0 Å². The Balaban J connectivity index is 2.64. The molecule has 0 saturated heterocycles. The van der Waals surface area contributed by atoms with Gasteiger partial charge in [0, 0.05) is 17.5 Å². The van der Waals surface area contributed by atoms with E-state index in [-0.39, 0.29) is 5.91 Å². The van der Waals surface area contributed by atoms with Gasteiger partial charge in [-0.25, -0.2) is 0 Å². The maximum atomic E-state index is 10.8. The molecular formula is C11H13NO3S. The van der Waals surface area contributed by atoms with Crippen LogP contribution < -0.4 is 5.32 Å². The van der Waals surface area contributed by atoms with Crippen LogP contribution in [0.1, 0.15) is 13.8 Å². The van der Waals surface area contributed by atoms with Crippen molar-refractivity contribution in [1.29, 1.82) is 0 Å². The quantitative estimate of drug-likeness (QED) is 0.790. The molecule has 1 aromatic rings. The van der Waals surface area contributed by atoms with Crippen LogP contribution in [0.25, 0.3) is 0 Å². The smallest absolute Gasteiger partial charge is 0.316 e. The highest BCUT2D eigenvalue weighted by Gasteiger charge is 2.11. The molecule has 0 bridgehead atoms. The molecule has 0 spiro atoms. The van der Waals surface area contributed by atoms with Gasteiger partial charge in [0.1, 0.15) is 5.25 Å². The van der Waals surface area contributed by atoms with Gasteiger partial charge >= 0.3 is 5.97 Å². The zero-order valence-electron chi connectivity index (χ0n) is 9.06. The number of aliphatic carboxylic acids is 1. The highest BCUT2D eigenvalue weighted by molar-refractivity contribution is 8.00. The zero-order chi connectivity index (χ0) is 12.1. The molecule has 1 rings (SSSR count). The summed E-state index contributed by atoms with van der Waals surface area (Å²) >= 11 is 1.27. The Morgan fingerprint density at radius 2 is 1.88 bits per heavy atom. The van der Waals surface area contributed by atoms with Gasteiger partial charge in [-0.05, 0) is 31.2 Å². The Morgan fingerprint density at radius 3 is 2.31 bits per heavy atom. The first-order valence-corrected chi connectivity index (χ1v) is 5.64. The van der Waals surface area contributed by atoms with Gasteiger partial charge in [-0.15, -0.1) is 11.8 Å². The molecule has 0 aliphatic heterocycles. The maximum absolute atomic E-state index is 10.8. The van der Waals surface area contributed by atoms with Crippen LogP contribution in [0.2, 0.25) is 0 Å². The van der Waals surface area contributed by atoms with E-state index in [9.17, 15) is 9.59 Å². The number of anilines is 1. The lowest BCUT2D eigenvalue weighted by Gasteiger charge is -2.07. The Kier molecular flexibility index (Phi) is 4.37. The van der Waals surface area contributed by atoms with Gasteiger partial charge in [0.25, 0.3) is 0 Å². The standard InChI is InChI=1S/C11H13NO3S/c1-7(11(14)15)16-10-5-3-9(4-6-10)12-8(2)13/h3-7H,1-2H3,(H,12,13)(H,14,15). The molecule has 0 aliphatic carbocycles. The average molecular weight is 239 g/mol. The molecular weight excluding hydrogens is 226 g/mol. The lowest BCUT2D eigenvalue weighted by atomic mass is 10.3. The zero-order valence-corrected chi connectivity index (χ0v) is 9.88. The fourth-order valence-electron chi connectivity index (χ4n) is 1.07. The molecule has 1 atom stereocenters. The molecule has 0 aliphatic rings. The van der Waals surface area contributed by atoms with Gasteiger partial charge in [0.05, 0.1) is 0 Å². The molecule has 0 fully saturated rings. The first-order chi connectivity index (χ1) is 7.49. The Hall–Kier alpha value is -1.49. The number of thioether (sulfide) groups is 1. The predicted molar refractivity (Wildman–Crippen MR) is 63.7 cm³/mol. The van der Waals surface area contributed by atoms with E-state index in [2.05, 4.69) is 5.32 Å². The van der Waals surface area contributed by atoms with Gasteiger partial charge < -0.3 is 10.4 Å². The number of amides is 1.